The van der Waals surface area contributed by atoms with E-state index < -0.39 is 5.91 Å². The van der Waals surface area contributed by atoms with Crippen LogP contribution in [0.5, 0.6) is 5.75 Å². The van der Waals surface area contributed by atoms with Gasteiger partial charge in [-0.2, -0.15) is 0 Å². The van der Waals surface area contributed by atoms with Gasteiger partial charge in [-0.15, -0.1) is 0 Å². The number of nitrogens with two attached hydrogens (primary N) is 1. The molecule has 1 aliphatic carbocycles. The van der Waals surface area contributed by atoms with Crippen molar-refractivity contribution in [3.63, 3.8) is 0 Å². The molecule has 0 radical (unpaired) electrons. The van der Waals surface area contributed by atoms with Gasteiger partial charge in [0.15, 0.2) is 0 Å². The van der Waals surface area contributed by atoms with E-state index in [-0.39, 0.29) is 5.91 Å². The SMILES string of the molecule is COc1ccc(-c2cc(C(N)=O)c3c(c2)-c2ccc(C(=O)N4CCOCC4)cc2C3)cc1Cl. The lowest BCUT2D eigenvalue weighted by atomic mass is 9.94. The van der Waals surface area contributed by atoms with E-state index in [1.54, 1.807) is 13.2 Å². The van der Waals surface area contributed by atoms with Crippen LogP contribution in [0.25, 0.3) is 22.3 Å². The van der Waals surface area contributed by atoms with E-state index in [2.05, 4.69) is 6.07 Å². The highest BCUT2D eigenvalue weighted by Gasteiger charge is 2.27. The lowest BCUT2D eigenvalue weighted by Crippen LogP contribution is -2.40. The monoisotopic (exact) mass is 462 g/mol. The Morgan fingerprint density at radius 1 is 1.00 bits per heavy atom. The number of fused-ring (bicyclic) bond motifs is 3. The molecule has 1 heterocycles. The fourth-order valence-electron chi connectivity index (χ4n) is 4.61. The van der Waals surface area contributed by atoms with Crippen LogP contribution in [-0.2, 0) is 11.2 Å². The van der Waals surface area contributed by atoms with Gasteiger partial charge >= 0.3 is 0 Å². The van der Waals surface area contributed by atoms with Crippen LogP contribution < -0.4 is 10.5 Å². The number of primary amides is 1. The summed E-state index contributed by atoms with van der Waals surface area (Å²) in [6, 6.07) is 15.1. The summed E-state index contributed by atoms with van der Waals surface area (Å²) in [6.07, 6.45) is 0.552. The van der Waals surface area contributed by atoms with Gasteiger partial charge in [-0.3, -0.25) is 9.59 Å². The van der Waals surface area contributed by atoms with Crippen LogP contribution in [0.15, 0.2) is 48.5 Å². The summed E-state index contributed by atoms with van der Waals surface area (Å²) in [6.45, 7) is 2.30. The molecule has 0 spiro atoms. The van der Waals surface area contributed by atoms with Crippen LogP contribution in [0, 0.1) is 0 Å². The average molecular weight is 463 g/mol. The Bertz CT molecular complexity index is 1280. The van der Waals surface area contributed by atoms with Crippen LogP contribution >= 0.6 is 11.6 Å². The van der Waals surface area contributed by atoms with Crippen molar-refractivity contribution in [3.05, 3.63) is 75.8 Å². The van der Waals surface area contributed by atoms with Crippen molar-refractivity contribution in [2.24, 2.45) is 5.73 Å². The number of hydrogen-bond donors (Lipinski definition) is 1. The van der Waals surface area contributed by atoms with Gasteiger partial charge in [0, 0.05) is 24.2 Å². The Hall–Kier alpha value is -3.35. The Balaban J connectivity index is 1.56. The van der Waals surface area contributed by atoms with Crippen LogP contribution in [-0.4, -0.2) is 50.1 Å². The van der Waals surface area contributed by atoms with Crippen LogP contribution in [0.3, 0.4) is 0 Å². The van der Waals surface area contributed by atoms with E-state index in [0.717, 1.165) is 33.4 Å². The number of rotatable bonds is 4. The molecule has 7 heteroatoms. The van der Waals surface area contributed by atoms with Crippen molar-refractivity contribution in [2.45, 2.75) is 6.42 Å². The summed E-state index contributed by atoms with van der Waals surface area (Å²) in [5.74, 6) is 0.102. The standard InChI is InChI=1S/C26H23ClN2O4/c1-32-24-5-3-15(14-23(24)27)17-11-20-19-4-2-16(26(31)29-6-8-33-9-7-29)10-18(19)13-21(20)22(12-17)25(28)30/h2-5,10-12,14H,6-9,13H2,1H3,(H2,28,30). The Morgan fingerprint density at radius 2 is 1.79 bits per heavy atom. The van der Waals surface area contributed by atoms with Crippen molar-refractivity contribution in [3.8, 4) is 28.0 Å². The molecule has 3 aromatic rings. The smallest absolute Gasteiger partial charge is 0.254 e. The van der Waals surface area contributed by atoms with Gasteiger partial charge in [-0.1, -0.05) is 23.7 Å². The van der Waals surface area contributed by atoms with E-state index >= 15 is 0 Å². The summed E-state index contributed by atoms with van der Waals surface area (Å²) in [5, 5.41) is 0.489. The Kier molecular flexibility index (Phi) is 5.56. The zero-order valence-electron chi connectivity index (χ0n) is 18.2. The zero-order valence-corrected chi connectivity index (χ0v) is 18.9. The molecule has 2 N–H and O–H groups in total. The number of carbonyl (C=O) groups excluding carboxylic acids is 2. The van der Waals surface area contributed by atoms with Crippen molar-refractivity contribution >= 4 is 23.4 Å². The molecular formula is C26H23ClN2O4. The summed E-state index contributed by atoms with van der Waals surface area (Å²) >= 11 is 6.33. The molecule has 1 saturated heterocycles. The van der Waals surface area contributed by atoms with Gasteiger partial charge in [0.2, 0.25) is 5.91 Å². The first-order chi connectivity index (χ1) is 16.0. The van der Waals surface area contributed by atoms with E-state index in [1.807, 2.05) is 41.3 Å². The van der Waals surface area contributed by atoms with E-state index in [4.69, 9.17) is 26.8 Å². The van der Waals surface area contributed by atoms with Gasteiger partial charge < -0.3 is 20.1 Å². The van der Waals surface area contributed by atoms with E-state index in [1.165, 1.54) is 0 Å². The minimum Gasteiger partial charge on any atom is -0.495 e. The summed E-state index contributed by atoms with van der Waals surface area (Å²) in [5.41, 5.74) is 12.4. The number of hydrogen-bond acceptors (Lipinski definition) is 4. The molecule has 2 aliphatic rings. The summed E-state index contributed by atoms with van der Waals surface area (Å²) in [7, 11) is 1.57. The maximum absolute atomic E-state index is 12.9. The van der Waals surface area contributed by atoms with Gasteiger partial charge in [0.05, 0.1) is 25.3 Å². The first kappa shape index (κ1) is 21.5. The van der Waals surface area contributed by atoms with Gasteiger partial charge in [-0.25, -0.2) is 0 Å². The van der Waals surface area contributed by atoms with Gasteiger partial charge in [0.25, 0.3) is 5.91 Å². The highest BCUT2D eigenvalue weighted by atomic mass is 35.5. The molecule has 33 heavy (non-hydrogen) atoms. The minimum atomic E-state index is -0.481. The number of benzene rings is 3. The molecule has 1 fully saturated rings. The van der Waals surface area contributed by atoms with Crippen LogP contribution in [0.2, 0.25) is 5.02 Å². The number of methoxy groups -OCH3 is 1. The van der Waals surface area contributed by atoms with Crippen LogP contribution in [0.4, 0.5) is 0 Å². The molecule has 0 aromatic heterocycles. The fourth-order valence-corrected chi connectivity index (χ4v) is 4.87. The van der Waals surface area contributed by atoms with Gasteiger partial charge in [0.1, 0.15) is 5.75 Å². The molecule has 2 amide bonds. The molecule has 3 aromatic carbocycles. The number of ether oxygens (including phenoxy) is 2. The maximum atomic E-state index is 12.9. The number of halogens is 1. The second-order valence-corrected chi connectivity index (χ2v) is 8.62. The van der Waals surface area contributed by atoms with E-state index in [9.17, 15) is 9.59 Å². The summed E-state index contributed by atoms with van der Waals surface area (Å²) < 4.78 is 10.6. The third-order valence-electron chi connectivity index (χ3n) is 6.31. The number of amides is 2. The summed E-state index contributed by atoms with van der Waals surface area (Å²) in [4.78, 5) is 27.1. The predicted octanol–water partition coefficient (Wildman–Crippen LogP) is 4.16. The maximum Gasteiger partial charge on any atom is 0.254 e. The number of morpholine rings is 1. The highest BCUT2D eigenvalue weighted by Crippen LogP contribution is 2.42. The van der Waals surface area contributed by atoms with Crippen molar-refractivity contribution in [2.75, 3.05) is 33.4 Å². The first-order valence-electron chi connectivity index (χ1n) is 10.8. The largest absolute Gasteiger partial charge is 0.495 e. The average Bonchev–Trinajstić information content (AvgIpc) is 3.21. The van der Waals surface area contributed by atoms with Crippen molar-refractivity contribution < 1.29 is 19.1 Å². The second kappa shape index (κ2) is 8.54. The number of carbonyl (C=O) groups is 2. The van der Waals surface area contributed by atoms with Gasteiger partial charge in [-0.05, 0) is 76.2 Å². The zero-order chi connectivity index (χ0) is 23.1. The lowest BCUT2D eigenvalue weighted by Gasteiger charge is -2.27. The highest BCUT2D eigenvalue weighted by molar-refractivity contribution is 6.32. The number of nitrogens with zero attached hydrogens (tertiary/aromatic N) is 1. The quantitative estimate of drug-likeness (QED) is 0.493. The first-order valence-corrected chi connectivity index (χ1v) is 11.1. The van der Waals surface area contributed by atoms with Crippen molar-refractivity contribution in [1.29, 1.82) is 0 Å². The molecule has 0 unspecified atom stereocenters. The molecule has 0 atom stereocenters. The molecular weight excluding hydrogens is 440 g/mol. The predicted molar refractivity (Wildman–Crippen MR) is 127 cm³/mol. The minimum absolute atomic E-state index is 0.000689. The molecule has 0 saturated carbocycles. The lowest BCUT2D eigenvalue weighted by molar-refractivity contribution is 0.0303. The third kappa shape index (κ3) is 3.86. The van der Waals surface area contributed by atoms with Crippen LogP contribution in [0.1, 0.15) is 31.8 Å². The third-order valence-corrected chi connectivity index (χ3v) is 6.60. The Labute approximate surface area is 196 Å². The molecule has 6 nitrogen and oxygen atoms in total. The van der Waals surface area contributed by atoms with Crippen molar-refractivity contribution in [1.82, 2.24) is 4.90 Å². The second-order valence-electron chi connectivity index (χ2n) is 8.22. The fraction of sp³-hybridized carbons (Fsp3) is 0.231. The molecule has 1 aliphatic heterocycles. The molecule has 168 valence electrons. The molecule has 5 rings (SSSR count). The van der Waals surface area contributed by atoms with E-state index in [0.29, 0.717) is 54.6 Å². The topological polar surface area (TPSA) is 81.9 Å². The normalized spacial score (nSPS) is 14.5. The molecule has 0 bridgehead atoms. The Morgan fingerprint density at radius 3 is 2.48 bits per heavy atom.